The molecule has 23 heavy (non-hydrogen) atoms. The summed E-state index contributed by atoms with van der Waals surface area (Å²) in [6.45, 7) is 1.96. The Morgan fingerprint density at radius 3 is 1.61 bits per heavy atom. The Morgan fingerprint density at radius 1 is 0.783 bits per heavy atom. The van der Waals surface area contributed by atoms with E-state index in [-0.39, 0.29) is 0 Å². The third-order valence-electron chi connectivity index (χ3n) is 2.30. The van der Waals surface area contributed by atoms with Gasteiger partial charge in [0.2, 0.25) is 0 Å². The summed E-state index contributed by atoms with van der Waals surface area (Å²) in [7, 11) is 1.95. The first-order valence-electron chi connectivity index (χ1n) is 6.26. The molecule has 0 amide bonds. The van der Waals surface area contributed by atoms with Crippen LogP contribution in [0.2, 0.25) is 0 Å². The average Bonchev–Trinajstić information content (AvgIpc) is 2.87. The zero-order chi connectivity index (χ0) is 16.8. The van der Waals surface area contributed by atoms with E-state index in [0.29, 0.717) is 0 Å². The maximum absolute atomic E-state index is 4.92. The molecule has 2 nitrogen and oxygen atoms in total. The molecule has 0 unspecified atom stereocenters. The van der Waals surface area contributed by atoms with E-state index in [2.05, 4.69) is 88.9 Å². The Bertz CT molecular complexity index is 1070. The van der Waals surface area contributed by atoms with Crippen molar-refractivity contribution < 1.29 is 4.57 Å². The van der Waals surface area contributed by atoms with Crippen molar-refractivity contribution in [3.63, 3.8) is 0 Å². The summed E-state index contributed by atoms with van der Waals surface area (Å²) in [4.78, 5) is 0. The van der Waals surface area contributed by atoms with Crippen LogP contribution in [0.15, 0.2) is 12.4 Å². The van der Waals surface area contributed by atoms with Gasteiger partial charge >= 0.3 is 0 Å². The first-order valence-corrected chi connectivity index (χ1v) is 6.26. The molecule has 0 radical (unpaired) electrons. The zero-order valence-electron chi connectivity index (χ0n) is 12.6. The van der Waals surface area contributed by atoms with Crippen molar-refractivity contribution in [2.45, 2.75) is 6.92 Å². The lowest BCUT2D eigenvalue weighted by Gasteiger charge is -1.84. The third-order valence-corrected chi connectivity index (χ3v) is 2.30. The number of terminal acetylenes is 1. The molecule has 2 heteroatoms. The quantitative estimate of drug-likeness (QED) is 0.473. The Hall–Kier alpha value is -4.31. The van der Waals surface area contributed by atoms with E-state index in [1.54, 1.807) is 4.57 Å². The van der Waals surface area contributed by atoms with Gasteiger partial charge in [-0.15, -0.1) is 6.42 Å². The highest BCUT2D eigenvalue weighted by Gasteiger charge is 2.04. The summed E-state index contributed by atoms with van der Waals surface area (Å²) >= 11 is 0. The average molecular weight is 289 g/mol. The first kappa shape index (κ1) is 16.7. The van der Waals surface area contributed by atoms with Gasteiger partial charge in [0, 0.05) is 48.4 Å². The molecule has 0 aliphatic rings. The molecule has 0 aromatic carbocycles. The summed E-state index contributed by atoms with van der Waals surface area (Å²) in [5.41, 5.74) is 0. The van der Waals surface area contributed by atoms with E-state index in [1.165, 1.54) is 0 Å². The van der Waals surface area contributed by atoms with Gasteiger partial charge in [-0.2, -0.15) is 4.57 Å². The number of hydrogen-bond donors (Lipinski definition) is 0. The highest BCUT2D eigenvalue weighted by atomic mass is 15.1. The van der Waals surface area contributed by atoms with Crippen LogP contribution in [0.1, 0.15) is 5.82 Å². The molecule has 1 heterocycles. The summed E-state index contributed by atoms with van der Waals surface area (Å²) in [6.07, 6.45) is 8.70. The van der Waals surface area contributed by atoms with Crippen LogP contribution in [-0.2, 0) is 7.05 Å². The lowest BCUT2D eigenvalue weighted by atomic mass is 10.5. The van der Waals surface area contributed by atoms with Crippen LogP contribution in [0.4, 0.5) is 0 Å². The largest absolute Gasteiger partial charge is 0.266 e. The second-order valence-electron chi connectivity index (χ2n) is 3.71. The van der Waals surface area contributed by atoms with Crippen LogP contribution < -0.4 is 4.57 Å². The monoisotopic (exact) mass is 289 g/mol. The molecule has 0 bridgehead atoms. The van der Waals surface area contributed by atoms with Gasteiger partial charge in [-0.3, -0.25) is 0 Å². The third kappa shape index (κ3) is 7.14. The molecule has 0 aliphatic heterocycles. The number of rotatable bonds is 0. The fourth-order valence-corrected chi connectivity index (χ4v) is 1.14. The van der Waals surface area contributed by atoms with Crippen molar-refractivity contribution in [1.82, 2.24) is 4.57 Å². The highest BCUT2D eigenvalue weighted by Crippen LogP contribution is 1.85. The molecule has 1 rings (SSSR count). The van der Waals surface area contributed by atoms with E-state index in [1.807, 2.05) is 30.9 Å². The van der Waals surface area contributed by atoms with Crippen molar-refractivity contribution in [2.24, 2.45) is 7.05 Å². The first-order chi connectivity index (χ1) is 11.3. The van der Waals surface area contributed by atoms with Crippen molar-refractivity contribution in [2.75, 3.05) is 0 Å². The maximum Gasteiger partial charge on any atom is 0.266 e. The molecule has 102 valence electrons. The summed E-state index contributed by atoms with van der Waals surface area (Å²) < 4.78 is 3.75. The SMILES string of the molecule is C#CC#CC#CC#CC#CC#CC#CC#C[n+]1ccn(C)c1C. The van der Waals surface area contributed by atoms with Crippen molar-refractivity contribution in [3.05, 3.63) is 18.2 Å². The molecule has 0 spiro atoms. The van der Waals surface area contributed by atoms with Crippen LogP contribution in [0.3, 0.4) is 0 Å². The van der Waals surface area contributed by atoms with Gasteiger partial charge < -0.3 is 0 Å². The summed E-state index contributed by atoms with van der Waals surface area (Å²) in [6, 6.07) is 2.88. The molecule has 0 atom stereocenters. The van der Waals surface area contributed by atoms with Crippen LogP contribution in [0.25, 0.3) is 0 Å². The van der Waals surface area contributed by atoms with Crippen molar-refractivity contribution >= 4 is 0 Å². The second kappa shape index (κ2) is 10.5. The van der Waals surface area contributed by atoms with Gasteiger partial charge in [0.1, 0.15) is 18.4 Å². The van der Waals surface area contributed by atoms with Gasteiger partial charge in [0.05, 0.1) is 7.05 Å². The van der Waals surface area contributed by atoms with Gasteiger partial charge in [0.15, 0.2) is 0 Å². The highest BCUT2D eigenvalue weighted by molar-refractivity contribution is 5.45. The van der Waals surface area contributed by atoms with E-state index >= 15 is 0 Å². The predicted octanol–water partition coefficient (Wildman–Crippen LogP) is 0.0836. The fraction of sp³-hybridized carbons (Fsp3) is 0.0952. The van der Waals surface area contributed by atoms with E-state index in [9.17, 15) is 0 Å². The van der Waals surface area contributed by atoms with Crippen molar-refractivity contribution in [1.29, 1.82) is 0 Å². The summed E-state index contributed by atoms with van der Waals surface area (Å²) in [5, 5.41) is 0. The molecule has 0 fully saturated rings. The molecule has 0 N–H and O–H groups in total. The van der Waals surface area contributed by atoms with E-state index in [0.717, 1.165) is 5.82 Å². The lowest BCUT2D eigenvalue weighted by molar-refractivity contribution is -0.590. The minimum Gasteiger partial charge on any atom is -0.236 e. The Labute approximate surface area is 137 Å². The van der Waals surface area contributed by atoms with Gasteiger partial charge in [0.25, 0.3) is 5.82 Å². The minimum absolute atomic E-state index is 1.02. The number of nitrogens with zero attached hydrogens (tertiary/aromatic N) is 2. The second-order valence-corrected chi connectivity index (χ2v) is 3.71. The van der Waals surface area contributed by atoms with Crippen LogP contribution in [0, 0.1) is 102 Å². The Kier molecular flexibility index (Phi) is 7.63. The predicted molar refractivity (Wildman–Crippen MR) is 89.0 cm³/mol. The molecule has 1 aromatic rings. The van der Waals surface area contributed by atoms with Crippen LogP contribution in [-0.4, -0.2) is 4.57 Å². The molecular weight excluding hydrogens is 280 g/mol. The molecule has 0 saturated heterocycles. The maximum atomic E-state index is 4.92. The topological polar surface area (TPSA) is 8.81 Å². The normalized spacial score (nSPS) is 5.96. The molecular formula is C21H9N2+. The smallest absolute Gasteiger partial charge is 0.236 e. The van der Waals surface area contributed by atoms with Gasteiger partial charge in [-0.05, 0) is 41.4 Å². The summed E-state index contributed by atoms with van der Waals surface area (Å²) in [5.74, 6) is 35.9. The molecule has 0 aliphatic carbocycles. The minimum atomic E-state index is 1.02. The van der Waals surface area contributed by atoms with E-state index in [4.69, 9.17) is 6.42 Å². The lowest BCUT2D eigenvalue weighted by Crippen LogP contribution is -2.29. The van der Waals surface area contributed by atoms with Gasteiger partial charge in [-0.1, -0.05) is 0 Å². The zero-order valence-corrected chi connectivity index (χ0v) is 12.6. The van der Waals surface area contributed by atoms with E-state index < -0.39 is 0 Å². The van der Waals surface area contributed by atoms with Gasteiger partial charge in [-0.25, -0.2) is 4.57 Å². The van der Waals surface area contributed by atoms with Crippen LogP contribution in [0.5, 0.6) is 0 Å². The number of hydrogen-bond acceptors (Lipinski definition) is 0. The fourth-order valence-electron chi connectivity index (χ4n) is 1.14. The number of imidazole rings is 1. The number of aromatic nitrogens is 2. The Morgan fingerprint density at radius 2 is 1.22 bits per heavy atom. The molecule has 0 saturated carbocycles. The Balaban J connectivity index is 2.54. The molecule has 1 aromatic heterocycles. The van der Waals surface area contributed by atoms with Crippen molar-refractivity contribution in [3.8, 4) is 95.4 Å². The standard InChI is InChI=1S/C21H9N2/c1-4-5-6-7-8-9-10-11-12-13-14-15-16-17-18-23-20-19-22(3)21(23)2/h1,19-20H,2-3H3/q+1. The number of aryl methyl sites for hydroxylation is 1. The van der Waals surface area contributed by atoms with Crippen LogP contribution >= 0.6 is 0 Å².